The molecule has 0 saturated carbocycles. The van der Waals surface area contributed by atoms with Crippen molar-refractivity contribution in [1.29, 1.82) is 0 Å². The summed E-state index contributed by atoms with van der Waals surface area (Å²) >= 11 is 0. The summed E-state index contributed by atoms with van der Waals surface area (Å²) in [6, 6.07) is 0. The number of rotatable bonds is 2. The molecule has 0 aromatic heterocycles. The van der Waals surface area contributed by atoms with Crippen LogP contribution >= 0.6 is 0 Å². The summed E-state index contributed by atoms with van der Waals surface area (Å²) in [5, 5.41) is 3.46. The average Bonchev–Trinajstić information content (AvgIpc) is 3.14. The number of hydrogen-bond acceptors (Lipinski definition) is 3. The zero-order valence-electron chi connectivity index (χ0n) is 12.3. The van der Waals surface area contributed by atoms with Crippen LogP contribution in [0.5, 0.6) is 11.5 Å². The van der Waals surface area contributed by atoms with Gasteiger partial charge in [0, 0.05) is 29.5 Å². The van der Waals surface area contributed by atoms with Gasteiger partial charge >= 0.3 is 0 Å². The van der Waals surface area contributed by atoms with Gasteiger partial charge in [-0.3, -0.25) is 0 Å². The number of piperidine rings is 1. The Morgan fingerprint density at radius 2 is 1.70 bits per heavy atom. The molecule has 0 spiro atoms. The zero-order chi connectivity index (χ0) is 13.5. The van der Waals surface area contributed by atoms with Crippen LogP contribution in [0.3, 0.4) is 0 Å². The Hall–Kier alpha value is -1.22. The van der Waals surface area contributed by atoms with Gasteiger partial charge in [-0.25, -0.2) is 0 Å². The Morgan fingerprint density at radius 3 is 2.50 bits per heavy atom. The molecule has 3 heterocycles. The fourth-order valence-corrected chi connectivity index (χ4v) is 4.03. The lowest BCUT2D eigenvalue weighted by molar-refractivity contribution is 0.339. The second-order valence-electron chi connectivity index (χ2n) is 6.31. The summed E-state index contributed by atoms with van der Waals surface area (Å²) in [4.78, 5) is 0. The fourth-order valence-electron chi connectivity index (χ4n) is 4.03. The van der Waals surface area contributed by atoms with E-state index in [0.717, 1.165) is 45.1 Å². The topological polar surface area (TPSA) is 30.5 Å². The van der Waals surface area contributed by atoms with Gasteiger partial charge in [0.15, 0.2) is 0 Å². The molecule has 3 nitrogen and oxygen atoms in total. The fraction of sp³-hybridized carbons (Fsp3) is 0.647. The van der Waals surface area contributed by atoms with Crippen LogP contribution in [0.4, 0.5) is 0 Å². The Labute approximate surface area is 120 Å². The highest BCUT2D eigenvalue weighted by atomic mass is 16.5. The number of nitrogens with one attached hydrogen (secondary N) is 1. The van der Waals surface area contributed by atoms with Crippen LogP contribution in [-0.4, -0.2) is 26.3 Å². The Balaban J connectivity index is 1.74. The predicted octanol–water partition coefficient (Wildman–Crippen LogP) is 2.41. The Kier molecular flexibility index (Phi) is 3.10. The molecule has 20 heavy (non-hydrogen) atoms. The summed E-state index contributed by atoms with van der Waals surface area (Å²) < 4.78 is 11.9. The van der Waals surface area contributed by atoms with Crippen LogP contribution in [0.1, 0.15) is 35.1 Å². The maximum Gasteiger partial charge on any atom is 0.126 e. The molecule has 1 saturated heterocycles. The van der Waals surface area contributed by atoms with E-state index in [4.69, 9.17) is 9.47 Å². The van der Waals surface area contributed by atoms with Crippen molar-refractivity contribution in [3.05, 3.63) is 22.3 Å². The summed E-state index contributed by atoms with van der Waals surface area (Å²) in [7, 11) is 0. The van der Waals surface area contributed by atoms with Crippen LogP contribution in [0, 0.1) is 12.8 Å². The molecule has 1 N–H and O–H groups in total. The van der Waals surface area contributed by atoms with Crippen molar-refractivity contribution in [3.8, 4) is 11.5 Å². The van der Waals surface area contributed by atoms with Crippen LogP contribution in [-0.2, 0) is 19.3 Å². The number of ether oxygens (including phenoxy) is 2. The first-order valence-corrected chi connectivity index (χ1v) is 7.98. The Bertz CT molecular complexity index is 497. The molecule has 4 rings (SSSR count). The lowest BCUT2D eigenvalue weighted by Crippen LogP contribution is -2.28. The molecule has 0 amide bonds. The third-order valence-electron chi connectivity index (χ3n) is 5.13. The molecule has 1 aromatic carbocycles. The first kappa shape index (κ1) is 12.5. The first-order valence-electron chi connectivity index (χ1n) is 7.98. The van der Waals surface area contributed by atoms with E-state index in [9.17, 15) is 0 Å². The van der Waals surface area contributed by atoms with Gasteiger partial charge in [-0.1, -0.05) is 0 Å². The summed E-state index contributed by atoms with van der Waals surface area (Å²) in [6.07, 6.45) is 5.87. The maximum absolute atomic E-state index is 6.01. The van der Waals surface area contributed by atoms with Crippen LogP contribution in [0.15, 0.2) is 0 Å². The van der Waals surface area contributed by atoms with Crippen LogP contribution in [0.25, 0.3) is 0 Å². The molecule has 3 aliphatic heterocycles. The molecule has 0 aliphatic carbocycles. The molecule has 0 bridgehead atoms. The SMILES string of the molecule is Cc1c2c(c(CC3CCNCC3)c3c1OCC3)OCC2. The number of benzene rings is 1. The third-order valence-corrected chi connectivity index (χ3v) is 5.13. The monoisotopic (exact) mass is 273 g/mol. The molecule has 1 fully saturated rings. The predicted molar refractivity (Wildman–Crippen MR) is 78.9 cm³/mol. The van der Waals surface area contributed by atoms with E-state index in [2.05, 4.69) is 12.2 Å². The van der Waals surface area contributed by atoms with Crippen molar-refractivity contribution in [2.45, 2.75) is 39.0 Å². The molecular weight excluding hydrogens is 250 g/mol. The molecule has 3 heteroatoms. The standard InChI is InChI=1S/C17H23NO2/c1-11-13-4-8-20-17(13)15(14-5-9-19-16(11)14)10-12-2-6-18-7-3-12/h12,18H,2-10H2,1H3. The van der Waals surface area contributed by atoms with Crippen molar-refractivity contribution in [2.75, 3.05) is 26.3 Å². The minimum absolute atomic E-state index is 0.803. The maximum atomic E-state index is 6.01. The highest BCUT2D eigenvalue weighted by Crippen LogP contribution is 2.45. The van der Waals surface area contributed by atoms with Crippen molar-refractivity contribution in [2.24, 2.45) is 5.92 Å². The number of fused-ring (bicyclic) bond motifs is 2. The van der Waals surface area contributed by atoms with E-state index in [1.807, 2.05) is 0 Å². The van der Waals surface area contributed by atoms with Crippen LogP contribution < -0.4 is 14.8 Å². The minimum Gasteiger partial charge on any atom is -0.493 e. The molecule has 1 aromatic rings. The summed E-state index contributed by atoms with van der Waals surface area (Å²) in [5.74, 6) is 3.19. The molecule has 0 unspecified atom stereocenters. The molecule has 0 atom stereocenters. The smallest absolute Gasteiger partial charge is 0.126 e. The summed E-state index contributed by atoms with van der Waals surface area (Å²) in [6.45, 7) is 6.22. The largest absolute Gasteiger partial charge is 0.493 e. The van der Waals surface area contributed by atoms with Gasteiger partial charge in [0.05, 0.1) is 13.2 Å². The van der Waals surface area contributed by atoms with E-state index in [0.29, 0.717) is 0 Å². The van der Waals surface area contributed by atoms with Gasteiger partial charge in [-0.2, -0.15) is 0 Å². The van der Waals surface area contributed by atoms with Crippen molar-refractivity contribution >= 4 is 0 Å². The normalized spacial score (nSPS) is 21.2. The summed E-state index contributed by atoms with van der Waals surface area (Å²) in [5.41, 5.74) is 5.66. The van der Waals surface area contributed by atoms with Crippen LogP contribution in [0.2, 0.25) is 0 Å². The molecular formula is C17H23NO2. The lowest BCUT2D eigenvalue weighted by Gasteiger charge is -2.25. The Morgan fingerprint density at radius 1 is 1.00 bits per heavy atom. The van der Waals surface area contributed by atoms with E-state index < -0.39 is 0 Å². The van der Waals surface area contributed by atoms with E-state index in [-0.39, 0.29) is 0 Å². The second kappa shape index (κ2) is 4.96. The molecule has 108 valence electrons. The van der Waals surface area contributed by atoms with Gasteiger partial charge < -0.3 is 14.8 Å². The third kappa shape index (κ3) is 1.91. The highest BCUT2D eigenvalue weighted by Gasteiger charge is 2.30. The molecule has 0 radical (unpaired) electrons. The van der Waals surface area contributed by atoms with Crippen molar-refractivity contribution in [3.63, 3.8) is 0 Å². The molecule has 3 aliphatic rings. The van der Waals surface area contributed by atoms with Crippen molar-refractivity contribution < 1.29 is 9.47 Å². The minimum atomic E-state index is 0.803. The number of hydrogen-bond donors (Lipinski definition) is 1. The van der Waals surface area contributed by atoms with E-state index in [1.54, 1.807) is 0 Å². The van der Waals surface area contributed by atoms with Gasteiger partial charge in [0.2, 0.25) is 0 Å². The van der Waals surface area contributed by atoms with E-state index in [1.165, 1.54) is 53.0 Å². The van der Waals surface area contributed by atoms with Crippen molar-refractivity contribution in [1.82, 2.24) is 5.32 Å². The lowest BCUT2D eigenvalue weighted by atomic mass is 9.85. The van der Waals surface area contributed by atoms with Gasteiger partial charge in [-0.05, 0) is 50.8 Å². The van der Waals surface area contributed by atoms with Gasteiger partial charge in [0.1, 0.15) is 11.5 Å². The average molecular weight is 273 g/mol. The van der Waals surface area contributed by atoms with Gasteiger partial charge in [0.25, 0.3) is 0 Å². The van der Waals surface area contributed by atoms with Gasteiger partial charge in [-0.15, -0.1) is 0 Å². The second-order valence-corrected chi connectivity index (χ2v) is 6.31. The van der Waals surface area contributed by atoms with E-state index >= 15 is 0 Å². The zero-order valence-corrected chi connectivity index (χ0v) is 12.3. The highest BCUT2D eigenvalue weighted by molar-refractivity contribution is 5.61. The quantitative estimate of drug-likeness (QED) is 0.897. The first-order chi connectivity index (χ1) is 9.84.